The molecule has 2 rings (SSSR count). The van der Waals surface area contributed by atoms with Gasteiger partial charge in [-0.25, -0.2) is 4.79 Å². The lowest BCUT2D eigenvalue weighted by Gasteiger charge is -2.59. The molecule has 0 aromatic heterocycles. The molecule has 1 amide bonds. The largest absolute Gasteiger partial charge is 0.479 e. The van der Waals surface area contributed by atoms with Crippen LogP contribution in [0.15, 0.2) is 30.3 Å². The number of hydrogen-bond acceptors (Lipinski definition) is 4. The maximum atomic E-state index is 13.6. The number of benzene rings is 1. The van der Waals surface area contributed by atoms with Crippen molar-refractivity contribution < 1.29 is 19.5 Å². The van der Waals surface area contributed by atoms with Crippen molar-refractivity contribution in [3.8, 4) is 0 Å². The topological polar surface area (TPSA) is 70.1 Å². The van der Waals surface area contributed by atoms with Gasteiger partial charge in [0.1, 0.15) is 5.54 Å². The number of hydrogen-bond donors (Lipinski definition) is 1. The summed E-state index contributed by atoms with van der Waals surface area (Å²) in [5.74, 6) is -1.09. The molecular weight excluding hydrogens is 356 g/mol. The van der Waals surface area contributed by atoms with Crippen molar-refractivity contribution in [3.63, 3.8) is 0 Å². The van der Waals surface area contributed by atoms with E-state index in [-0.39, 0.29) is 11.4 Å². The summed E-state index contributed by atoms with van der Waals surface area (Å²) in [5.41, 5.74) is -1.26. The molecule has 1 unspecified atom stereocenters. The van der Waals surface area contributed by atoms with Crippen molar-refractivity contribution in [2.45, 2.75) is 84.0 Å². The van der Waals surface area contributed by atoms with Gasteiger partial charge in [-0.05, 0) is 53.0 Å². The van der Waals surface area contributed by atoms with Gasteiger partial charge in [0, 0.05) is 12.1 Å². The van der Waals surface area contributed by atoms with E-state index < -0.39 is 23.2 Å². The van der Waals surface area contributed by atoms with Crippen molar-refractivity contribution in [1.29, 1.82) is 0 Å². The Bertz CT molecular complexity index is 705. The zero-order chi connectivity index (χ0) is 21.3. The van der Waals surface area contributed by atoms with Crippen LogP contribution >= 0.6 is 0 Å². The number of amides is 1. The lowest BCUT2D eigenvalue weighted by molar-refractivity contribution is -0.311. The quantitative estimate of drug-likeness (QED) is 0.794. The normalized spacial score (nSPS) is 20.8. The number of nitrogens with zero attached hydrogens (tertiary/aromatic N) is 2. The maximum absolute atomic E-state index is 13.6. The molecule has 0 saturated carbocycles. The second kappa shape index (κ2) is 7.84. The fourth-order valence-corrected chi connectivity index (χ4v) is 4.05. The molecule has 1 N–H and O–H groups in total. The molecule has 1 fully saturated rings. The lowest BCUT2D eigenvalue weighted by Crippen LogP contribution is -2.75. The Hall–Kier alpha value is -1.92. The Labute approximate surface area is 168 Å². The van der Waals surface area contributed by atoms with E-state index in [2.05, 4.69) is 0 Å². The Morgan fingerprint density at radius 1 is 1.18 bits per heavy atom. The summed E-state index contributed by atoms with van der Waals surface area (Å²) in [5, 5.41) is 11.5. The minimum absolute atomic E-state index is 0.0125. The summed E-state index contributed by atoms with van der Waals surface area (Å²) in [4.78, 5) is 33.7. The molecule has 0 bridgehead atoms. The molecule has 6 heteroatoms. The minimum Gasteiger partial charge on any atom is -0.479 e. The Kier molecular flexibility index (Phi) is 6.26. The standard InChI is InChI=1S/C22H34N2O4/c1-8-22(9-2)19(27)23(20(3,4)5)15-21(6,7)24(22)28-17(18(25)26)16-13-11-10-12-14-16/h10-14,17H,8-9,15H2,1-7H3,(H,25,26). The van der Waals surface area contributed by atoms with Gasteiger partial charge in [-0.1, -0.05) is 44.2 Å². The van der Waals surface area contributed by atoms with Crippen LogP contribution in [0.2, 0.25) is 0 Å². The van der Waals surface area contributed by atoms with Crippen LogP contribution in [0.1, 0.15) is 73.0 Å². The van der Waals surface area contributed by atoms with Crippen LogP contribution in [0.25, 0.3) is 0 Å². The summed E-state index contributed by atoms with van der Waals surface area (Å²) in [6, 6.07) is 8.88. The SMILES string of the molecule is CCC1(CC)C(=O)N(C(C)(C)C)CC(C)(C)N1OC(C(=O)O)c1ccccc1. The molecule has 0 aliphatic carbocycles. The highest BCUT2D eigenvalue weighted by Gasteiger charge is 2.57. The smallest absolute Gasteiger partial charge is 0.339 e. The van der Waals surface area contributed by atoms with E-state index in [9.17, 15) is 14.7 Å². The zero-order valence-corrected chi connectivity index (χ0v) is 18.2. The second-order valence-corrected chi connectivity index (χ2v) is 9.14. The van der Waals surface area contributed by atoms with Crippen LogP contribution in [0.4, 0.5) is 0 Å². The van der Waals surface area contributed by atoms with E-state index in [0.717, 1.165) is 0 Å². The summed E-state index contributed by atoms with van der Waals surface area (Å²) in [6.07, 6.45) is -0.120. The van der Waals surface area contributed by atoms with E-state index >= 15 is 0 Å². The van der Waals surface area contributed by atoms with Gasteiger partial charge in [0.05, 0.1) is 5.54 Å². The number of piperazine rings is 1. The summed E-state index contributed by atoms with van der Waals surface area (Å²) in [6.45, 7) is 14.5. The molecule has 1 atom stereocenters. The molecule has 1 aliphatic rings. The maximum Gasteiger partial charge on any atom is 0.339 e. The number of hydroxylamine groups is 2. The van der Waals surface area contributed by atoms with Crippen LogP contribution in [-0.2, 0) is 14.4 Å². The number of carbonyl (C=O) groups is 2. The third-order valence-electron chi connectivity index (χ3n) is 5.64. The fourth-order valence-electron chi connectivity index (χ4n) is 4.05. The van der Waals surface area contributed by atoms with Gasteiger partial charge >= 0.3 is 5.97 Å². The molecule has 156 valence electrons. The first-order chi connectivity index (χ1) is 12.9. The highest BCUT2D eigenvalue weighted by molar-refractivity contribution is 5.88. The molecule has 1 aromatic rings. The molecule has 1 saturated heterocycles. The first-order valence-electron chi connectivity index (χ1n) is 9.97. The Morgan fingerprint density at radius 3 is 2.14 bits per heavy atom. The zero-order valence-electron chi connectivity index (χ0n) is 18.2. The molecule has 28 heavy (non-hydrogen) atoms. The van der Waals surface area contributed by atoms with Crippen molar-refractivity contribution >= 4 is 11.9 Å². The molecular formula is C22H34N2O4. The van der Waals surface area contributed by atoms with Crippen LogP contribution in [0, 0.1) is 0 Å². The number of carboxylic acid groups (broad SMARTS) is 1. The third kappa shape index (κ3) is 3.94. The first-order valence-corrected chi connectivity index (χ1v) is 9.97. The number of aliphatic carboxylic acids is 1. The van der Waals surface area contributed by atoms with Crippen molar-refractivity contribution in [2.75, 3.05) is 6.54 Å². The fraction of sp³-hybridized carbons (Fsp3) is 0.636. The predicted molar refractivity (Wildman–Crippen MR) is 109 cm³/mol. The highest BCUT2D eigenvalue weighted by Crippen LogP contribution is 2.42. The van der Waals surface area contributed by atoms with Crippen molar-refractivity contribution in [2.24, 2.45) is 0 Å². The van der Waals surface area contributed by atoms with Crippen LogP contribution in [0.3, 0.4) is 0 Å². The molecule has 6 nitrogen and oxygen atoms in total. The van der Waals surface area contributed by atoms with E-state index in [1.165, 1.54) is 0 Å². The minimum atomic E-state index is -1.17. The Balaban J connectivity index is 2.53. The van der Waals surface area contributed by atoms with Gasteiger partial charge in [-0.3, -0.25) is 9.63 Å². The monoisotopic (exact) mass is 390 g/mol. The average molecular weight is 391 g/mol. The van der Waals surface area contributed by atoms with Crippen molar-refractivity contribution in [1.82, 2.24) is 9.96 Å². The van der Waals surface area contributed by atoms with E-state index in [1.807, 2.05) is 59.4 Å². The highest BCUT2D eigenvalue weighted by atomic mass is 16.7. The van der Waals surface area contributed by atoms with Crippen molar-refractivity contribution in [3.05, 3.63) is 35.9 Å². The number of rotatable bonds is 6. The molecule has 0 spiro atoms. The number of carbonyl (C=O) groups excluding carboxylic acids is 1. The van der Waals surface area contributed by atoms with Gasteiger partial charge < -0.3 is 10.0 Å². The van der Waals surface area contributed by atoms with Gasteiger partial charge in [-0.15, -0.1) is 0 Å². The second-order valence-electron chi connectivity index (χ2n) is 9.14. The third-order valence-corrected chi connectivity index (χ3v) is 5.64. The van der Waals surface area contributed by atoms with Crippen LogP contribution < -0.4 is 0 Å². The predicted octanol–water partition coefficient (Wildman–Crippen LogP) is 4.02. The lowest BCUT2D eigenvalue weighted by atomic mass is 9.80. The molecule has 1 aliphatic heterocycles. The summed E-state index contributed by atoms with van der Waals surface area (Å²) >= 11 is 0. The van der Waals surface area contributed by atoms with Gasteiger partial charge in [0.15, 0.2) is 0 Å². The van der Waals surface area contributed by atoms with Gasteiger partial charge in [0.25, 0.3) is 0 Å². The first kappa shape index (κ1) is 22.4. The van der Waals surface area contributed by atoms with E-state index in [1.54, 1.807) is 29.3 Å². The van der Waals surface area contributed by atoms with E-state index in [4.69, 9.17) is 4.84 Å². The summed E-state index contributed by atoms with van der Waals surface area (Å²) in [7, 11) is 0. The average Bonchev–Trinajstić information content (AvgIpc) is 2.61. The number of carboxylic acids is 1. The molecule has 0 radical (unpaired) electrons. The van der Waals surface area contributed by atoms with Crippen LogP contribution in [-0.4, -0.2) is 50.1 Å². The summed E-state index contributed by atoms with van der Waals surface area (Å²) < 4.78 is 0. The molecule has 1 aromatic carbocycles. The van der Waals surface area contributed by atoms with Crippen LogP contribution in [0.5, 0.6) is 0 Å². The van der Waals surface area contributed by atoms with E-state index in [0.29, 0.717) is 24.9 Å². The van der Waals surface area contributed by atoms with Gasteiger partial charge in [0.2, 0.25) is 12.0 Å². The molecule has 1 heterocycles. The van der Waals surface area contributed by atoms with Gasteiger partial charge in [-0.2, -0.15) is 5.06 Å². The Morgan fingerprint density at radius 2 is 1.71 bits per heavy atom.